The van der Waals surface area contributed by atoms with Crippen LogP contribution in [0.15, 0.2) is 53.9 Å². The van der Waals surface area contributed by atoms with Crippen molar-refractivity contribution in [3.05, 3.63) is 70.2 Å². The van der Waals surface area contributed by atoms with Gasteiger partial charge in [0, 0.05) is 24.0 Å². The molecule has 150 valence electrons. The molecule has 2 heterocycles. The summed E-state index contributed by atoms with van der Waals surface area (Å²) in [5, 5.41) is 6.10. The summed E-state index contributed by atoms with van der Waals surface area (Å²) in [6.07, 6.45) is 3.68. The first-order valence-corrected chi connectivity index (χ1v) is 10.9. The number of aryl methyl sites for hydroxylation is 1. The van der Waals surface area contributed by atoms with Gasteiger partial charge in [0.05, 0.1) is 22.1 Å². The summed E-state index contributed by atoms with van der Waals surface area (Å²) in [4.78, 5) is 19.5. The van der Waals surface area contributed by atoms with Gasteiger partial charge in [-0.15, -0.1) is 11.3 Å². The van der Waals surface area contributed by atoms with E-state index < -0.39 is 0 Å². The predicted octanol–water partition coefficient (Wildman–Crippen LogP) is 5.27. The lowest BCUT2D eigenvalue weighted by atomic mass is 10.1. The monoisotopic (exact) mass is 407 g/mol. The number of rotatable bonds is 6. The average Bonchev–Trinajstić information content (AvgIpc) is 3.19. The van der Waals surface area contributed by atoms with Gasteiger partial charge < -0.3 is 15.0 Å². The zero-order valence-electron chi connectivity index (χ0n) is 16.6. The number of amides is 1. The number of para-hydroxylation sites is 2. The zero-order chi connectivity index (χ0) is 20.1. The highest BCUT2D eigenvalue weighted by Crippen LogP contribution is 2.28. The molecule has 29 heavy (non-hydrogen) atoms. The van der Waals surface area contributed by atoms with Crippen LogP contribution in [0.2, 0.25) is 0 Å². The van der Waals surface area contributed by atoms with E-state index in [1.807, 2.05) is 42.6 Å². The summed E-state index contributed by atoms with van der Waals surface area (Å²) in [7, 11) is 0. The van der Waals surface area contributed by atoms with Crippen molar-refractivity contribution in [2.45, 2.75) is 32.8 Å². The van der Waals surface area contributed by atoms with Crippen LogP contribution in [0.5, 0.6) is 5.75 Å². The Hall–Kier alpha value is -2.86. The summed E-state index contributed by atoms with van der Waals surface area (Å²) >= 11 is 1.61. The van der Waals surface area contributed by atoms with Gasteiger partial charge in [-0.2, -0.15) is 0 Å². The maximum atomic E-state index is 12.8. The molecule has 1 aromatic heterocycles. The van der Waals surface area contributed by atoms with Gasteiger partial charge in [0.25, 0.3) is 5.91 Å². The van der Waals surface area contributed by atoms with E-state index in [2.05, 4.69) is 21.3 Å². The van der Waals surface area contributed by atoms with Gasteiger partial charge in [-0.1, -0.05) is 12.1 Å². The van der Waals surface area contributed by atoms with Crippen molar-refractivity contribution >= 4 is 28.6 Å². The average molecular weight is 408 g/mol. The molecule has 1 amide bonds. The third-order valence-corrected chi connectivity index (χ3v) is 5.84. The Balaban J connectivity index is 1.40. The van der Waals surface area contributed by atoms with E-state index in [-0.39, 0.29) is 5.91 Å². The van der Waals surface area contributed by atoms with Crippen LogP contribution in [0.3, 0.4) is 0 Å². The van der Waals surface area contributed by atoms with Gasteiger partial charge >= 0.3 is 0 Å². The highest BCUT2D eigenvalue weighted by molar-refractivity contribution is 7.09. The third kappa shape index (κ3) is 4.95. The van der Waals surface area contributed by atoms with Gasteiger partial charge in [0.15, 0.2) is 0 Å². The Morgan fingerprint density at radius 1 is 1.10 bits per heavy atom. The van der Waals surface area contributed by atoms with Gasteiger partial charge in [0.1, 0.15) is 12.4 Å². The molecule has 4 rings (SSSR count). The number of piperidine rings is 1. The molecule has 1 fully saturated rings. The van der Waals surface area contributed by atoms with Gasteiger partial charge in [-0.05, 0) is 62.6 Å². The van der Waals surface area contributed by atoms with Crippen LogP contribution < -0.4 is 15.0 Å². The summed E-state index contributed by atoms with van der Waals surface area (Å²) in [5.41, 5.74) is 3.48. The zero-order valence-corrected chi connectivity index (χ0v) is 17.4. The van der Waals surface area contributed by atoms with Crippen LogP contribution in [-0.2, 0) is 6.61 Å². The highest BCUT2D eigenvalue weighted by Gasteiger charge is 2.16. The molecule has 3 aromatic rings. The third-order valence-electron chi connectivity index (χ3n) is 5.02. The first-order chi connectivity index (χ1) is 14.2. The summed E-state index contributed by atoms with van der Waals surface area (Å²) < 4.78 is 5.76. The van der Waals surface area contributed by atoms with Crippen molar-refractivity contribution in [3.63, 3.8) is 0 Å². The summed E-state index contributed by atoms with van der Waals surface area (Å²) in [6, 6.07) is 15.3. The van der Waals surface area contributed by atoms with Crippen LogP contribution in [0, 0.1) is 6.92 Å². The number of nitrogens with one attached hydrogen (secondary N) is 1. The second-order valence-electron chi connectivity index (χ2n) is 7.19. The van der Waals surface area contributed by atoms with Crippen molar-refractivity contribution in [2.24, 2.45) is 0 Å². The van der Waals surface area contributed by atoms with Crippen molar-refractivity contribution in [1.29, 1.82) is 0 Å². The number of hydrogen-bond acceptors (Lipinski definition) is 5. The van der Waals surface area contributed by atoms with E-state index in [4.69, 9.17) is 4.74 Å². The molecule has 0 radical (unpaired) electrons. The van der Waals surface area contributed by atoms with Crippen LogP contribution in [-0.4, -0.2) is 24.0 Å². The smallest absolute Gasteiger partial charge is 0.255 e. The van der Waals surface area contributed by atoms with Crippen molar-refractivity contribution in [3.8, 4) is 5.75 Å². The fraction of sp³-hybridized carbons (Fsp3) is 0.304. The number of nitrogens with zero attached hydrogens (tertiary/aromatic N) is 2. The summed E-state index contributed by atoms with van der Waals surface area (Å²) in [6.45, 7) is 4.49. The topological polar surface area (TPSA) is 54.5 Å². The van der Waals surface area contributed by atoms with E-state index in [1.165, 1.54) is 19.3 Å². The summed E-state index contributed by atoms with van der Waals surface area (Å²) in [5.74, 6) is 0.608. The van der Waals surface area contributed by atoms with Gasteiger partial charge in [-0.25, -0.2) is 4.98 Å². The number of benzene rings is 2. The highest BCUT2D eigenvalue weighted by atomic mass is 32.1. The molecule has 1 aliphatic rings. The van der Waals surface area contributed by atoms with Crippen LogP contribution in [0.1, 0.15) is 40.3 Å². The van der Waals surface area contributed by atoms with E-state index in [1.54, 1.807) is 23.5 Å². The molecule has 5 nitrogen and oxygen atoms in total. The Morgan fingerprint density at radius 2 is 1.86 bits per heavy atom. The molecule has 0 aliphatic carbocycles. The molecule has 0 unspecified atom stereocenters. The first kappa shape index (κ1) is 19.5. The van der Waals surface area contributed by atoms with E-state index in [0.717, 1.165) is 40.9 Å². The molecule has 0 saturated carbocycles. The second kappa shape index (κ2) is 9.09. The fourth-order valence-electron chi connectivity index (χ4n) is 3.52. The van der Waals surface area contributed by atoms with Crippen molar-refractivity contribution in [1.82, 2.24) is 4.98 Å². The minimum absolute atomic E-state index is 0.115. The van der Waals surface area contributed by atoms with E-state index in [0.29, 0.717) is 12.2 Å². The fourth-order valence-corrected chi connectivity index (χ4v) is 4.12. The Labute approximate surface area is 175 Å². The lowest BCUT2D eigenvalue weighted by Crippen LogP contribution is -2.30. The Bertz CT molecular complexity index is 962. The maximum absolute atomic E-state index is 12.8. The molecule has 0 atom stereocenters. The lowest BCUT2D eigenvalue weighted by Gasteiger charge is -2.30. The maximum Gasteiger partial charge on any atom is 0.255 e. The number of aromatic nitrogens is 1. The quantitative estimate of drug-likeness (QED) is 0.604. The minimum atomic E-state index is -0.115. The first-order valence-electron chi connectivity index (χ1n) is 9.98. The largest absolute Gasteiger partial charge is 0.487 e. The normalized spacial score (nSPS) is 13.9. The molecule has 0 bridgehead atoms. The van der Waals surface area contributed by atoms with Crippen LogP contribution in [0.25, 0.3) is 0 Å². The number of carbonyl (C=O) groups is 1. The SMILES string of the molecule is Cc1nc(COc2ccc(C(=O)Nc3ccccc3N3CCCCC3)cc2)cs1. The number of hydrogen-bond donors (Lipinski definition) is 1. The lowest BCUT2D eigenvalue weighted by molar-refractivity contribution is 0.102. The number of anilines is 2. The van der Waals surface area contributed by atoms with Gasteiger partial charge in [0.2, 0.25) is 0 Å². The molecule has 0 spiro atoms. The van der Waals surface area contributed by atoms with Crippen molar-refractivity contribution in [2.75, 3.05) is 23.3 Å². The molecule has 6 heteroatoms. The molecule has 1 saturated heterocycles. The molecule has 2 aromatic carbocycles. The number of carbonyl (C=O) groups excluding carboxylic acids is 1. The minimum Gasteiger partial charge on any atom is -0.487 e. The number of ether oxygens (including phenoxy) is 1. The van der Waals surface area contributed by atoms with Gasteiger partial charge in [-0.3, -0.25) is 4.79 Å². The van der Waals surface area contributed by atoms with E-state index in [9.17, 15) is 4.79 Å². The molecule has 1 N–H and O–H groups in total. The van der Waals surface area contributed by atoms with Crippen molar-refractivity contribution < 1.29 is 9.53 Å². The Morgan fingerprint density at radius 3 is 2.59 bits per heavy atom. The molecular weight excluding hydrogens is 382 g/mol. The predicted molar refractivity (Wildman–Crippen MR) is 118 cm³/mol. The molecular formula is C23H25N3O2S. The Kier molecular flexibility index (Phi) is 6.10. The van der Waals surface area contributed by atoms with Crippen LogP contribution >= 0.6 is 11.3 Å². The standard InChI is InChI=1S/C23H25N3O2S/c1-17-24-19(16-29-17)15-28-20-11-9-18(10-12-20)23(27)25-21-7-3-4-8-22(21)26-13-5-2-6-14-26/h3-4,7-12,16H,2,5-6,13-15H2,1H3,(H,25,27). The number of thiazole rings is 1. The second-order valence-corrected chi connectivity index (χ2v) is 8.25. The van der Waals surface area contributed by atoms with Crippen LogP contribution in [0.4, 0.5) is 11.4 Å². The van der Waals surface area contributed by atoms with E-state index >= 15 is 0 Å². The molecule has 1 aliphatic heterocycles.